The van der Waals surface area contributed by atoms with Crippen molar-refractivity contribution in [2.24, 2.45) is 5.10 Å². The quantitative estimate of drug-likeness (QED) is 0.458. The molecule has 0 saturated carbocycles. The predicted octanol–water partition coefficient (Wildman–Crippen LogP) is 5.01. The molecule has 0 fully saturated rings. The third-order valence-electron chi connectivity index (χ3n) is 3.76. The van der Waals surface area contributed by atoms with Gasteiger partial charge in [-0.2, -0.15) is 14.9 Å². The van der Waals surface area contributed by atoms with Crippen LogP contribution in [0.15, 0.2) is 53.6 Å². The fourth-order valence-electron chi connectivity index (χ4n) is 2.44. The van der Waals surface area contributed by atoms with E-state index in [2.05, 4.69) is 22.2 Å². The highest BCUT2D eigenvalue weighted by molar-refractivity contribution is 7.71. The topological polar surface area (TPSA) is 55.2 Å². The Morgan fingerprint density at radius 3 is 2.81 bits per heavy atom. The fourth-order valence-corrected chi connectivity index (χ4v) is 2.83. The molecule has 0 aliphatic carbocycles. The van der Waals surface area contributed by atoms with Gasteiger partial charge in [0.1, 0.15) is 12.4 Å². The van der Waals surface area contributed by atoms with Crippen LogP contribution >= 0.6 is 23.8 Å². The van der Waals surface area contributed by atoms with Crippen molar-refractivity contribution in [3.8, 4) is 5.75 Å². The fraction of sp³-hybridized carbons (Fsp3) is 0.211. The van der Waals surface area contributed by atoms with Crippen LogP contribution in [-0.2, 0) is 13.0 Å². The van der Waals surface area contributed by atoms with E-state index in [1.54, 1.807) is 10.9 Å². The van der Waals surface area contributed by atoms with E-state index in [9.17, 15) is 0 Å². The van der Waals surface area contributed by atoms with Crippen LogP contribution in [0.2, 0.25) is 5.02 Å². The molecule has 0 bridgehead atoms. The Morgan fingerprint density at radius 2 is 2.00 bits per heavy atom. The van der Waals surface area contributed by atoms with Gasteiger partial charge in [-0.25, -0.2) is 0 Å². The van der Waals surface area contributed by atoms with Crippen LogP contribution in [0.5, 0.6) is 5.75 Å². The van der Waals surface area contributed by atoms with Gasteiger partial charge in [0.15, 0.2) is 5.82 Å². The van der Waals surface area contributed by atoms with Gasteiger partial charge in [0.25, 0.3) is 0 Å². The van der Waals surface area contributed by atoms with Gasteiger partial charge in [0.2, 0.25) is 4.77 Å². The molecule has 7 heteroatoms. The highest BCUT2D eigenvalue weighted by Crippen LogP contribution is 2.21. The minimum absolute atomic E-state index is 0.386. The van der Waals surface area contributed by atoms with E-state index in [1.165, 1.54) is 0 Å². The smallest absolute Gasteiger partial charge is 0.216 e. The molecule has 0 spiro atoms. The Bertz CT molecular complexity index is 964. The summed E-state index contributed by atoms with van der Waals surface area (Å²) in [7, 11) is 0. The predicted molar refractivity (Wildman–Crippen MR) is 107 cm³/mol. The van der Waals surface area contributed by atoms with Gasteiger partial charge in [-0.1, -0.05) is 48.9 Å². The monoisotopic (exact) mass is 386 g/mol. The highest BCUT2D eigenvalue weighted by Gasteiger charge is 2.06. The lowest BCUT2D eigenvalue weighted by Crippen LogP contribution is -2.01. The van der Waals surface area contributed by atoms with Gasteiger partial charge >= 0.3 is 0 Å². The summed E-state index contributed by atoms with van der Waals surface area (Å²) in [5.74, 6) is 1.53. The summed E-state index contributed by atoms with van der Waals surface area (Å²) in [5.41, 5.74) is 1.79. The number of H-pyrrole nitrogens is 1. The molecule has 3 rings (SSSR count). The molecule has 1 N–H and O–H groups in total. The van der Waals surface area contributed by atoms with Crippen molar-refractivity contribution in [1.82, 2.24) is 14.9 Å². The van der Waals surface area contributed by atoms with Crippen molar-refractivity contribution < 1.29 is 4.74 Å². The zero-order valence-corrected chi connectivity index (χ0v) is 15.9. The Labute approximate surface area is 162 Å². The van der Waals surface area contributed by atoms with Gasteiger partial charge in [-0.3, -0.25) is 5.10 Å². The molecule has 0 amide bonds. The first kappa shape index (κ1) is 18.4. The number of para-hydroxylation sites is 1. The number of hydrogen-bond acceptors (Lipinski definition) is 4. The number of ether oxygens (including phenoxy) is 1. The van der Waals surface area contributed by atoms with E-state index in [0.29, 0.717) is 16.4 Å². The van der Waals surface area contributed by atoms with E-state index < -0.39 is 0 Å². The molecule has 134 valence electrons. The normalized spacial score (nSPS) is 11.2. The van der Waals surface area contributed by atoms with Crippen LogP contribution in [0.1, 0.15) is 30.3 Å². The second-order valence-corrected chi connectivity index (χ2v) is 6.46. The number of nitrogens with one attached hydrogen (secondary N) is 1. The minimum atomic E-state index is 0.386. The molecule has 0 saturated heterocycles. The van der Waals surface area contributed by atoms with Crippen LogP contribution in [-0.4, -0.2) is 21.1 Å². The van der Waals surface area contributed by atoms with E-state index in [-0.39, 0.29) is 0 Å². The van der Waals surface area contributed by atoms with Crippen molar-refractivity contribution in [3.63, 3.8) is 0 Å². The molecule has 0 aliphatic heterocycles. The number of rotatable bonds is 7. The standard InChI is InChI=1S/C19H19ClN4OS/c1-2-7-18-22-23-19(26)24(18)21-12-14-8-4-6-11-17(14)25-13-15-9-3-5-10-16(15)20/h3-6,8-12H,2,7,13H2,1H3,(H,23,26)/b21-12+. The van der Waals surface area contributed by atoms with Crippen molar-refractivity contribution in [3.05, 3.63) is 75.3 Å². The lowest BCUT2D eigenvalue weighted by Gasteiger charge is -2.10. The summed E-state index contributed by atoms with van der Waals surface area (Å²) < 4.78 is 8.06. The van der Waals surface area contributed by atoms with E-state index in [1.807, 2.05) is 48.5 Å². The second kappa shape index (κ2) is 8.78. The molecule has 26 heavy (non-hydrogen) atoms. The van der Waals surface area contributed by atoms with E-state index in [4.69, 9.17) is 28.6 Å². The second-order valence-electron chi connectivity index (χ2n) is 5.67. The number of aromatic amines is 1. The van der Waals surface area contributed by atoms with Gasteiger partial charge < -0.3 is 4.74 Å². The largest absolute Gasteiger partial charge is 0.488 e. The summed E-state index contributed by atoms with van der Waals surface area (Å²) in [6, 6.07) is 15.3. The third-order valence-corrected chi connectivity index (χ3v) is 4.40. The lowest BCUT2D eigenvalue weighted by molar-refractivity contribution is 0.306. The molecule has 0 radical (unpaired) electrons. The number of aryl methyl sites for hydroxylation is 1. The van der Waals surface area contributed by atoms with Crippen molar-refractivity contribution >= 4 is 30.0 Å². The third kappa shape index (κ3) is 4.39. The first-order valence-corrected chi connectivity index (χ1v) is 9.13. The Kier molecular flexibility index (Phi) is 6.20. The maximum absolute atomic E-state index is 6.19. The van der Waals surface area contributed by atoms with Crippen LogP contribution in [0.25, 0.3) is 0 Å². The van der Waals surface area contributed by atoms with Crippen molar-refractivity contribution in [1.29, 1.82) is 0 Å². The zero-order valence-electron chi connectivity index (χ0n) is 14.4. The number of halogens is 1. The minimum Gasteiger partial charge on any atom is -0.488 e. The summed E-state index contributed by atoms with van der Waals surface area (Å²) in [6.07, 6.45) is 3.49. The zero-order chi connectivity index (χ0) is 18.4. The van der Waals surface area contributed by atoms with Crippen LogP contribution in [0, 0.1) is 4.77 Å². The molecule has 2 aromatic carbocycles. The summed E-state index contributed by atoms with van der Waals surface area (Å²) in [4.78, 5) is 0. The highest BCUT2D eigenvalue weighted by atomic mass is 35.5. The number of aromatic nitrogens is 3. The van der Waals surface area contributed by atoms with Gasteiger partial charge in [0, 0.05) is 22.6 Å². The van der Waals surface area contributed by atoms with Gasteiger partial charge in [-0.15, -0.1) is 0 Å². The van der Waals surface area contributed by atoms with E-state index in [0.717, 1.165) is 35.5 Å². The summed E-state index contributed by atoms with van der Waals surface area (Å²) >= 11 is 11.4. The number of benzene rings is 2. The average molecular weight is 387 g/mol. The maximum atomic E-state index is 6.19. The summed E-state index contributed by atoms with van der Waals surface area (Å²) in [5, 5.41) is 12.2. The van der Waals surface area contributed by atoms with E-state index >= 15 is 0 Å². The Morgan fingerprint density at radius 1 is 1.23 bits per heavy atom. The molecule has 0 atom stereocenters. The van der Waals surface area contributed by atoms with Crippen LogP contribution in [0.4, 0.5) is 0 Å². The first-order chi connectivity index (χ1) is 12.7. The molecule has 3 aromatic rings. The average Bonchev–Trinajstić information content (AvgIpc) is 3.00. The van der Waals surface area contributed by atoms with Crippen molar-refractivity contribution in [2.75, 3.05) is 0 Å². The number of nitrogens with zero attached hydrogens (tertiary/aromatic N) is 3. The molecule has 5 nitrogen and oxygen atoms in total. The molecular formula is C19H19ClN4OS. The Balaban J connectivity index is 1.80. The number of hydrogen-bond donors (Lipinski definition) is 1. The van der Waals surface area contributed by atoms with Crippen LogP contribution in [0.3, 0.4) is 0 Å². The molecule has 1 aromatic heterocycles. The molecule has 0 unspecified atom stereocenters. The van der Waals surface area contributed by atoms with Gasteiger partial charge in [0.05, 0.1) is 6.21 Å². The molecule has 0 aliphatic rings. The van der Waals surface area contributed by atoms with Gasteiger partial charge in [-0.05, 0) is 36.8 Å². The van der Waals surface area contributed by atoms with Crippen LogP contribution < -0.4 is 4.74 Å². The molecular weight excluding hydrogens is 368 g/mol. The first-order valence-electron chi connectivity index (χ1n) is 8.35. The SMILES string of the molecule is CCCc1n[nH]c(=S)n1/N=C/c1ccccc1OCc1ccccc1Cl. The maximum Gasteiger partial charge on any atom is 0.216 e. The Hall–Kier alpha value is -2.44. The van der Waals surface area contributed by atoms with Crippen molar-refractivity contribution in [2.45, 2.75) is 26.4 Å². The molecule has 1 heterocycles. The summed E-state index contributed by atoms with van der Waals surface area (Å²) in [6.45, 7) is 2.47. The lowest BCUT2D eigenvalue weighted by atomic mass is 10.2.